The molecule has 0 aromatic heterocycles. The van der Waals surface area contributed by atoms with Crippen molar-refractivity contribution in [2.75, 3.05) is 0 Å². The van der Waals surface area contributed by atoms with Gasteiger partial charge in [0.25, 0.3) is 0 Å². The van der Waals surface area contributed by atoms with Crippen LogP contribution in [-0.4, -0.2) is 0 Å². The van der Waals surface area contributed by atoms with Crippen LogP contribution in [0.3, 0.4) is 0 Å². The van der Waals surface area contributed by atoms with Gasteiger partial charge in [-0.2, -0.15) is 0 Å². The zero-order valence-corrected chi connectivity index (χ0v) is 10.5. The van der Waals surface area contributed by atoms with Gasteiger partial charge in [-0.05, 0) is 55.7 Å². The number of aryl methyl sites for hydroxylation is 3. The second kappa shape index (κ2) is 3.66. The average Bonchev–Trinajstić information content (AvgIpc) is 2.50. The Morgan fingerprint density at radius 1 is 0.933 bits per heavy atom. The molecular formula is C15H22. The van der Waals surface area contributed by atoms with Crippen molar-refractivity contribution in [1.29, 1.82) is 0 Å². The Morgan fingerprint density at radius 2 is 1.40 bits per heavy atom. The number of rotatable bonds is 1. The van der Waals surface area contributed by atoms with Gasteiger partial charge in [-0.25, -0.2) is 0 Å². The molecule has 0 heterocycles. The molecule has 1 aliphatic rings. The van der Waals surface area contributed by atoms with Gasteiger partial charge >= 0.3 is 0 Å². The Hall–Kier alpha value is -0.780. The molecule has 0 amide bonds. The van der Waals surface area contributed by atoms with Crippen molar-refractivity contribution in [3.05, 3.63) is 34.4 Å². The average molecular weight is 202 g/mol. The molecule has 0 heteroatoms. The molecule has 1 aromatic carbocycles. The second-order valence-electron chi connectivity index (χ2n) is 5.54. The molecule has 15 heavy (non-hydrogen) atoms. The molecule has 0 nitrogen and oxygen atoms in total. The van der Waals surface area contributed by atoms with E-state index in [1.165, 1.54) is 42.4 Å². The maximum Gasteiger partial charge on any atom is -0.00700 e. The van der Waals surface area contributed by atoms with Crippen molar-refractivity contribution >= 4 is 0 Å². The molecule has 1 saturated carbocycles. The fourth-order valence-corrected chi connectivity index (χ4v) is 3.54. The van der Waals surface area contributed by atoms with E-state index in [4.69, 9.17) is 0 Å². The van der Waals surface area contributed by atoms with Crippen LogP contribution in [0.4, 0.5) is 0 Å². The van der Waals surface area contributed by atoms with Crippen LogP contribution in [0.15, 0.2) is 12.1 Å². The maximum atomic E-state index is 2.45. The lowest BCUT2D eigenvalue weighted by atomic mass is 9.76. The molecule has 0 unspecified atom stereocenters. The molecule has 1 aromatic rings. The summed E-state index contributed by atoms with van der Waals surface area (Å²) in [5, 5.41) is 0. The third-order valence-electron chi connectivity index (χ3n) is 3.99. The Kier molecular flexibility index (Phi) is 2.62. The van der Waals surface area contributed by atoms with Crippen LogP contribution in [-0.2, 0) is 5.41 Å². The van der Waals surface area contributed by atoms with Gasteiger partial charge in [0.05, 0.1) is 0 Å². The van der Waals surface area contributed by atoms with E-state index in [1.54, 1.807) is 5.56 Å². The first-order chi connectivity index (χ1) is 7.03. The smallest absolute Gasteiger partial charge is 0.00700 e. The first kappa shape index (κ1) is 10.7. The van der Waals surface area contributed by atoms with Crippen molar-refractivity contribution in [3.63, 3.8) is 0 Å². The molecule has 0 aliphatic heterocycles. The summed E-state index contributed by atoms with van der Waals surface area (Å²) in [7, 11) is 0. The lowest BCUT2D eigenvalue weighted by Crippen LogP contribution is -2.20. The molecule has 1 aliphatic carbocycles. The van der Waals surface area contributed by atoms with Crippen LogP contribution in [0.1, 0.15) is 54.9 Å². The second-order valence-corrected chi connectivity index (χ2v) is 5.54. The summed E-state index contributed by atoms with van der Waals surface area (Å²) in [5.74, 6) is 0. The van der Waals surface area contributed by atoms with Gasteiger partial charge in [0.2, 0.25) is 0 Å². The highest BCUT2D eigenvalue weighted by molar-refractivity contribution is 5.42. The highest BCUT2D eigenvalue weighted by Crippen LogP contribution is 2.43. The van der Waals surface area contributed by atoms with E-state index >= 15 is 0 Å². The van der Waals surface area contributed by atoms with Gasteiger partial charge < -0.3 is 0 Å². The third kappa shape index (κ3) is 1.82. The lowest BCUT2D eigenvalue weighted by Gasteiger charge is -2.28. The van der Waals surface area contributed by atoms with Crippen LogP contribution in [0.5, 0.6) is 0 Å². The summed E-state index contributed by atoms with van der Waals surface area (Å²) in [6, 6.07) is 4.68. The van der Waals surface area contributed by atoms with Gasteiger partial charge in [-0.15, -0.1) is 0 Å². The predicted molar refractivity (Wildman–Crippen MR) is 66.5 cm³/mol. The predicted octanol–water partition coefficient (Wildman–Crippen LogP) is 4.44. The minimum Gasteiger partial charge on any atom is -0.0561 e. The largest absolute Gasteiger partial charge is 0.0561 e. The van der Waals surface area contributed by atoms with Crippen LogP contribution < -0.4 is 0 Å². The Labute approximate surface area is 93.7 Å². The third-order valence-corrected chi connectivity index (χ3v) is 3.99. The van der Waals surface area contributed by atoms with E-state index in [2.05, 4.69) is 39.8 Å². The number of benzene rings is 1. The van der Waals surface area contributed by atoms with E-state index in [1.807, 2.05) is 0 Å². The van der Waals surface area contributed by atoms with Crippen molar-refractivity contribution in [2.24, 2.45) is 0 Å². The summed E-state index contributed by atoms with van der Waals surface area (Å²) in [6.45, 7) is 9.20. The zero-order chi connectivity index (χ0) is 11.1. The lowest BCUT2D eigenvalue weighted by molar-refractivity contribution is 0.485. The number of hydrogen-bond donors (Lipinski definition) is 0. The SMILES string of the molecule is Cc1cc(C)c(C2(C)CCCC2)c(C)c1. The summed E-state index contributed by atoms with van der Waals surface area (Å²) < 4.78 is 0. The molecule has 1 fully saturated rings. The van der Waals surface area contributed by atoms with E-state index in [9.17, 15) is 0 Å². The molecule has 0 spiro atoms. The van der Waals surface area contributed by atoms with Gasteiger partial charge in [-0.3, -0.25) is 0 Å². The molecule has 2 rings (SSSR count). The first-order valence-electron chi connectivity index (χ1n) is 6.11. The van der Waals surface area contributed by atoms with Gasteiger partial charge in [-0.1, -0.05) is 37.5 Å². The van der Waals surface area contributed by atoms with E-state index in [0.717, 1.165) is 0 Å². The van der Waals surface area contributed by atoms with Gasteiger partial charge in [0, 0.05) is 0 Å². The molecular weight excluding hydrogens is 180 g/mol. The Morgan fingerprint density at radius 3 is 1.87 bits per heavy atom. The molecule has 0 N–H and O–H groups in total. The molecule has 0 atom stereocenters. The Balaban J connectivity index is 2.52. The van der Waals surface area contributed by atoms with Crippen molar-refractivity contribution in [1.82, 2.24) is 0 Å². The molecule has 0 bridgehead atoms. The monoisotopic (exact) mass is 202 g/mol. The fraction of sp³-hybridized carbons (Fsp3) is 0.600. The summed E-state index contributed by atoms with van der Waals surface area (Å²) in [4.78, 5) is 0. The van der Waals surface area contributed by atoms with Crippen LogP contribution in [0.25, 0.3) is 0 Å². The summed E-state index contributed by atoms with van der Waals surface area (Å²) in [5.41, 5.74) is 6.48. The van der Waals surface area contributed by atoms with Gasteiger partial charge in [0.15, 0.2) is 0 Å². The van der Waals surface area contributed by atoms with E-state index in [-0.39, 0.29) is 0 Å². The quantitative estimate of drug-likeness (QED) is 0.631. The van der Waals surface area contributed by atoms with Crippen LogP contribution in [0.2, 0.25) is 0 Å². The zero-order valence-electron chi connectivity index (χ0n) is 10.5. The topological polar surface area (TPSA) is 0 Å². The van der Waals surface area contributed by atoms with E-state index in [0.29, 0.717) is 5.41 Å². The van der Waals surface area contributed by atoms with Crippen LogP contribution >= 0.6 is 0 Å². The van der Waals surface area contributed by atoms with Crippen molar-refractivity contribution in [3.8, 4) is 0 Å². The van der Waals surface area contributed by atoms with Crippen molar-refractivity contribution < 1.29 is 0 Å². The first-order valence-corrected chi connectivity index (χ1v) is 6.11. The minimum atomic E-state index is 0.460. The van der Waals surface area contributed by atoms with E-state index < -0.39 is 0 Å². The molecule has 82 valence electrons. The summed E-state index contributed by atoms with van der Waals surface area (Å²) in [6.07, 6.45) is 5.56. The normalized spacial score (nSPS) is 19.5. The fourth-order valence-electron chi connectivity index (χ4n) is 3.54. The summed E-state index contributed by atoms with van der Waals surface area (Å²) >= 11 is 0. The standard InChI is InChI=1S/C15H22/c1-11-9-12(2)14(13(3)10-11)15(4)7-5-6-8-15/h9-10H,5-8H2,1-4H3. The minimum absolute atomic E-state index is 0.460. The maximum absolute atomic E-state index is 2.45. The number of hydrogen-bond acceptors (Lipinski definition) is 0. The van der Waals surface area contributed by atoms with Crippen LogP contribution in [0, 0.1) is 20.8 Å². The highest BCUT2D eigenvalue weighted by Gasteiger charge is 2.32. The highest BCUT2D eigenvalue weighted by atomic mass is 14.4. The Bertz CT molecular complexity index is 345. The molecule has 0 radical (unpaired) electrons. The van der Waals surface area contributed by atoms with Gasteiger partial charge in [0.1, 0.15) is 0 Å². The molecule has 0 saturated heterocycles. The van der Waals surface area contributed by atoms with Crippen molar-refractivity contribution in [2.45, 2.75) is 58.8 Å².